The van der Waals surface area contributed by atoms with Gasteiger partial charge in [-0.2, -0.15) is 0 Å². The minimum absolute atomic E-state index is 0.193. The maximum absolute atomic E-state index is 11.9. The van der Waals surface area contributed by atoms with Gasteiger partial charge in [0.15, 0.2) is 11.5 Å². The van der Waals surface area contributed by atoms with Gasteiger partial charge in [0.1, 0.15) is 5.60 Å². The van der Waals surface area contributed by atoms with Crippen LogP contribution in [0.25, 0.3) is 5.70 Å². The van der Waals surface area contributed by atoms with Crippen molar-refractivity contribution < 1.29 is 19.1 Å². The van der Waals surface area contributed by atoms with Crippen molar-refractivity contribution in [2.45, 2.75) is 88.9 Å². The number of urea groups is 1. The molecule has 7 heteroatoms. The van der Waals surface area contributed by atoms with Gasteiger partial charge in [0.25, 0.3) is 0 Å². The van der Waals surface area contributed by atoms with Crippen LogP contribution in [-0.4, -0.2) is 42.3 Å². The zero-order chi connectivity index (χ0) is 22.6. The van der Waals surface area contributed by atoms with E-state index in [9.17, 15) is 4.79 Å². The Bertz CT molecular complexity index is 826. The molecule has 0 unspecified atom stereocenters. The number of benzene rings is 1. The molecule has 1 aromatic rings. The molecule has 176 valence electrons. The maximum atomic E-state index is 11.9. The number of hydrogen-bond donors (Lipinski definition) is 2. The Morgan fingerprint density at radius 2 is 1.97 bits per heavy atom. The molecule has 7 nitrogen and oxygen atoms in total. The lowest BCUT2D eigenvalue weighted by Gasteiger charge is -2.39. The summed E-state index contributed by atoms with van der Waals surface area (Å²) in [5, 5.41) is 0. The number of ether oxygens (including phenoxy) is 2. The standard InChI is InChI=1S/C25H37N3O4/c1-3-4-15-28(24(26)29)19-11-13-25(14-12-19)17-21(27-32-25)18-9-10-22(30-2)23(16-18)31-20-7-5-6-8-20/h9-10,16-17,19-20,27H,3-8,11-15H2,1-2H3,(H2,26,29). The lowest BCUT2D eigenvalue weighted by molar-refractivity contribution is -0.0654. The highest BCUT2D eigenvalue weighted by atomic mass is 16.7. The van der Waals surface area contributed by atoms with Crippen LogP contribution in [0.1, 0.15) is 76.7 Å². The van der Waals surface area contributed by atoms with Gasteiger partial charge < -0.3 is 20.1 Å². The number of nitrogens with two attached hydrogens (primary N) is 1. The molecule has 0 bridgehead atoms. The number of nitrogens with zero attached hydrogens (tertiary/aromatic N) is 1. The summed E-state index contributed by atoms with van der Waals surface area (Å²) >= 11 is 0. The minimum atomic E-state index is -0.341. The SMILES string of the molecule is CCCCN(C(N)=O)C1CCC2(C=C(c3ccc(OC)c(OC4CCCC4)c3)NO2)CC1. The highest BCUT2D eigenvalue weighted by Crippen LogP contribution is 2.41. The molecule has 0 saturated heterocycles. The quantitative estimate of drug-likeness (QED) is 0.605. The van der Waals surface area contributed by atoms with Crippen LogP contribution in [0, 0.1) is 0 Å². The minimum Gasteiger partial charge on any atom is -0.493 e. The van der Waals surface area contributed by atoms with Gasteiger partial charge in [-0.25, -0.2) is 4.79 Å². The summed E-state index contributed by atoms with van der Waals surface area (Å²) in [6, 6.07) is 5.92. The summed E-state index contributed by atoms with van der Waals surface area (Å²) in [4.78, 5) is 19.9. The van der Waals surface area contributed by atoms with Crippen molar-refractivity contribution in [3.05, 3.63) is 29.8 Å². The van der Waals surface area contributed by atoms with Crippen molar-refractivity contribution in [1.29, 1.82) is 0 Å². The first-order chi connectivity index (χ1) is 15.5. The Labute approximate surface area is 191 Å². The van der Waals surface area contributed by atoms with E-state index in [4.69, 9.17) is 20.0 Å². The van der Waals surface area contributed by atoms with E-state index in [0.717, 1.165) is 80.7 Å². The molecule has 0 aromatic heterocycles. The molecular formula is C25H37N3O4. The molecule has 32 heavy (non-hydrogen) atoms. The van der Waals surface area contributed by atoms with E-state index in [2.05, 4.69) is 18.5 Å². The Hall–Kier alpha value is -2.41. The molecule has 2 amide bonds. The van der Waals surface area contributed by atoms with E-state index in [1.165, 1.54) is 12.8 Å². The highest BCUT2D eigenvalue weighted by molar-refractivity contribution is 5.72. The molecule has 2 aliphatic carbocycles. The first-order valence-electron chi connectivity index (χ1n) is 12.1. The van der Waals surface area contributed by atoms with Crippen LogP contribution in [0.3, 0.4) is 0 Å². The molecule has 3 N–H and O–H groups in total. The third-order valence-corrected chi connectivity index (χ3v) is 7.12. The second kappa shape index (κ2) is 10.0. The number of rotatable bonds is 8. The summed E-state index contributed by atoms with van der Waals surface area (Å²) in [6.45, 7) is 2.86. The Morgan fingerprint density at radius 1 is 1.22 bits per heavy atom. The van der Waals surface area contributed by atoms with Gasteiger partial charge in [-0.1, -0.05) is 13.3 Å². The van der Waals surface area contributed by atoms with E-state index >= 15 is 0 Å². The second-order valence-corrected chi connectivity index (χ2v) is 9.33. The molecular weight excluding hydrogens is 406 g/mol. The van der Waals surface area contributed by atoms with E-state index in [-0.39, 0.29) is 23.8 Å². The van der Waals surface area contributed by atoms with Crippen LogP contribution in [0.5, 0.6) is 11.5 Å². The van der Waals surface area contributed by atoms with E-state index in [1.54, 1.807) is 7.11 Å². The third kappa shape index (κ3) is 4.98. The van der Waals surface area contributed by atoms with Crippen molar-refractivity contribution in [1.82, 2.24) is 10.4 Å². The Balaban J connectivity index is 1.44. The predicted molar refractivity (Wildman–Crippen MR) is 124 cm³/mol. The fourth-order valence-corrected chi connectivity index (χ4v) is 5.19. The van der Waals surface area contributed by atoms with Crippen LogP contribution >= 0.6 is 0 Å². The highest BCUT2D eigenvalue weighted by Gasteiger charge is 2.41. The van der Waals surface area contributed by atoms with Gasteiger partial charge in [-0.05, 0) is 82.1 Å². The third-order valence-electron chi connectivity index (χ3n) is 7.12. The molecule has 1 aromatic carbocycles. The first-order valence-corrected chi connectivity index (χ1v) is 12.1. The summed E-state index contributed by atoms with van der Waals surface area (Å²) in [6.07, 6.45) is 12.6. The lowest BCUT2D eigenvalue weighted by atomic mass is 9.81. The number of unbranched alkanes of at least 4 members (excludes halogenated alkanes) is 1. The Kier molecular flexibility index (Phi) is 7.13. The largest absolute Gasteiger partial charge is 0.493 e. The van der Waals surface area contributed by atoms with Gasteiger partial charge in [0, 0.05) is 18.2 Å². The average molecular weight is 444 g/mol. The number of nitrogens with one attached hydrogen (secondary N) is 1. The summed E-state index contributed by atoms with van der Waals surface area (Å²) in [7, 11) is 1.68. The monoisotopic (exact) mass is 443 g/mol. The van der Waals surface area contributed by atoms with Crippen LogP contribution in [0.4, 0.5) is 4.79 Å². The molecule has 2 saturated carbocycles. The normalized spacial score (nSPS) is 25.4. The van der Waals surface area contributed by atoms with E-state index in [1.807, 2.05) is 23.1 Å². The molecule has 2 fully saturated rings. The number of hydroxylamine groups is 1. The molecule has 4 rings (SSSR count). The smallest absolute Gasteiger partial charge is 0.315 e. The van der Waals surface area contributed by atoms with Crippen molar-refractivity contribution >= 4 is 11.7 Å². The second-order valence-electron chi connectivity index (χ2n) is 9.33. The topological polar surface area (TPSA) is 86.1 Å². The molecule has 0 radical (unpaired) electrons. The van der Waals surface area contributed by atoms with E-state index < -0.39 is 0 Å². The number of amides is 2. The van der Waals surface area contributed by atoms with Gasteiger partial charge in [-0.15, -0.1) is 0 Å². The lowest BCUT2D eigenvalue weighted by Crippen LogP contribution is -2.48. The summed E-state index contributed by atoms with van der Waals surface area (Å²) in [5.41, 5.74) is 10.5. The van der Waals surface area contributed by atoms with E-state index in [0.29, 0.717) is 0 Å². The number of primary amides is 1. The van der Waals surface area contributed by atoms with Crippen LogP contribution in [0.2, 0.25) is 0 Å². The zero-order valence-corrected chi connectivity index (χ0v) is 19.4. The van der Waals surface area contributed by atoms with Gasteiger partial charge >= 0.3 is 6.03 Å². The van der Waals surface area contributed by atoms with Crippen molar-refractivity contribution in [3.63, 3.8) is 0 Å². The summed E-state index contributed by atoms with van der Waals surface area (Å²) < 4.78 is 11.8. The number of hydrogen-bond acceptors (Lipinski definition) is 5. The molecule has 1 spiro atoms. The van der Waals surface area contributed by atoms with Crippen LogP contribution < -0.4 is 20.7 Å². The Morgan fingerprint density at radius 3 is 2.62 bits per heavy atom. The fraction of sp³-hybridized carbons (Fsp3) is 0.640. The summed E-state index contributed by atoms with van der Waals surface area (Å²) in [5.74, 6) is 1.55. The first kappa shape index (κ1) is 22.8. The van der Waals surface area contributed by atoms with Gasteiger partial charge in [-0.3, -0.25) is 10.3 Å². The van der Waals surface area contributed by atoms with Crippen LogP contribution in [-0.2, 0) is 4.84 Å². The molecule has 1 heterocycles. The van der Waals surface area contributed by atoms with Crippen molar-refractivity contribution in [3.8, 4) is 11.5 Å². The van der Waals surface area contributed by atoms with Gasteiger partial charge in [0.2, 0.25) is 0 Å². The molecule has 1 aliphatic heterocycles. The zero-order valence-electron chi connectivity index (χ0n) is 19.4. The fourth-order valence-electron chi connectivity index (χ4n) is 5.19. The van der Waals surface area contributed by atoms with Crippen molar-refractivity contribution in [2.75, 3.05) is 13.7 Å². The average Bonchev–Trinajstić information content (AvgIpc) is 3.46. The number of methoxy groups -OCH3 is 1. The number of carbonyl (C=O) groups excluding carboxylic acids is 1. The number of carbonyl (C=O) groups is 1. The molecule has 3 aliphatic rings. The van der Waals surface area contributed by atoms with Gasteiger partial charge in [0.05, 0.1) is 18.9 Å². The van der Waals surface area contributed by atoms with Crippen molar-refractivity contribution in [2.24, 2.45) is 5.73 Å². The molecule has 0 atom stereocenters. The van der Waals surface area contributed by atoms with Crippen LogP contribution in [0.15, 0.2) is 24.3 Å². The maximum Gasteiger partial charge on any atom is 0.315 e. The predicted octanol–water partition coefficient (Wildman–Crippen LogP) is 4.75.